The number of esters is 1. The van der Waals surface area contributed by atoms with Crippen LogP contribution in [0.1, 0.15) is 34.1 Å². The molecule has 1 fully saturated rings. The van der Waals surface area contributed by atoms with Gasteiger partial charge in [-0.1, -0.05) is 81.4 Å². The van der Waals surface area contributed by atoms with E-state index in [0.717, 1.165) is 10.4 Å². The summed E-state index contributed by atoms with van der Waals surface area (Å²) >= 11 is 0. The van der Waals surface area contributed by atoms with Gasteiger partial charge in [-0.3, -0.25) is 4.79 Å². The first-order chi connectivity index (χ1) is 15.0. The van der Waals surface area contributed by atoms with Crippen molar-refractivity contribution in [2.75, 3.05) is 13.7 Å². The molecular formula is C24H31NO6Si. The zero-order chi connectivity index (χ0) is 23.6. The maximum atomic E-state index is 11.9. The van der Waals surface area contributed by atoms with Gasteiger partial charge in [-0.15, -0.1) is 0 Å². The standard InChI is InChI=1S/C24H31NO6Si/c1-18(26)30-24(22(27)28)16-19(25(5)31-24)17-29-32(23(2,3)4,20-12-8-6-9-13-20)21-14-10-7-11-15-21/h6-15,19H,16-17H2,1-5H3,(H,27,28)/t19-,24+/m0/s1. The fraction of sp³-hybridized carbons (Fsp3) is 0.417. The molecule has 3 rings (SSSR count). The van der Waals surface area contributed by atoms with E-state index in [-0.39, 0.29) is 18.1 Å². The summed E-state index contributed by atoms with van der Waals surface area (Å²) in [7, 11) is -1.16. The van der Waals surface area contributed by atoms with E-state index in [2.05, 4.69) is 45.0 Å². The van der Waals surface area contributed by atoms with Gasteiger partial charge in [0.25, 0.3) is 8.32 Å². The molecule has 8 heteroatoms. The number of carboxylic acid groups (broad SMARTS) is 1. The monoisotopic (exact) mass is 457 g/mol. The van der Waals surface area contributed by atoms with Gasteiger partial charge in [0.1, 0.15) is 0 Å². The van der Waals surface area contributed by atoms with Crippen molar-refractivity contribution in [3.8, 4) is 0 Å². The number of hydrogen-bond donors (Lipinski definition) is 1. The lowest BCUT2D eigenvalue weighted by Crippen LogP contribution is -2.67. The van der Waals surface area contributed by atoms with Gasteiger partial charge in [-0.05, 0) is 15.4 Å². The third-order valence-corrected chi connectivity index (χ3v) is 10.9. The van der Waals surface area contributed by atoms with E-state index < -0.39 is 32.1 Å². The number of carbonyl (C=O) groups excluding carboxylic acids is 1. The van der Waals surface area contributed by atoms with Gasteiger partial charge in [-0.2, -0.15) is 5.06 Å². The number of rotatable bonds is 7. The molecule has 0 aliphatic carbocycles. The first kappa shape index (κ1) is 24.1. The predicted molar refractivity (Wildman–Crippen MR) is 123 cm³/mol. The number of likely N-dealkylation sites (N-methyl/N-ethyl adjacent to an activating group) is 1. The Morgan fingerprint density at radius 1 is 1.09 bits per heavy atom. The molecule has 7 nitrogen and oxygen atoms in total. The highest BCUT2D eigenvalue weighted by Crippen LogP contribution is 2.38. The second-order valence-electron chi connectivity index (χ2n) is 9.12. The molecule has 2 aromatic carbocycles. The van der Waals surface area contributed by atoms with Crippen molar-refractivity contribution in [1.82, 2.24) is 5.06 Å². The van der Waals surface area contributed by atoms with Gasteiger partial charge in [0.2, 0.25) is 0 Å². The molecule has 0 unspecified atom stereocenters. The van der Waals surface area contributed by atoms with Crippen LogP contribution in [0.25, 0.3) is 0 Å². The molecule has 0 amide bonds. The van der Waals surface area contributed by atoms with Gasteiger partial charge in [0.15, 0.2) is 0 Å². The zero-order valence-corrected chi connectivity index (χ0v) is 20.2. The molecule has 0 radical (unpaired) electrons. The van der Waals surface area contributed by atoms with E-state index in [0.29, 0.717) is 0 Å². The van der Waals surface area contributed by atoms with Crippen molar-refractivity contribution < 1.29 is 28.7 Å². The number of nitrogens with zero attached hydrogens (tertiary/aromatic N) is 1. The van der Waals surface area contributed by atoms with Crippen molar-refractivity contribution >= 4 is 30.6 Å². The molecule has 0 aromatic heterocycles. The van der Waals surface area contributed by atoms with Gasteiger partial charge in [-0.25, -0.2) is 9.63 Å². The molecule has 1 aliphatic rings. The van der Waals surface area contributed by atoms with Gasteiger partial charge < -0.3 is 14.3 Å². The Bertz CT molecular complexity index is 906. The van der Waals surface area contributed by atoms with Crippen LogP contribution >= 0.6 is 0 Å². The highest BCUT2D eigenvalue weighted by Gasteiger charge is 2.56. The Morgan fingerprint density at radius 2 is 1.59 bits per heavy atom. The van der Waals surface area contributed by atoms with Crippen LogP contribution in [0.5, 0.6) is 0 Å². The largest absolute Gasteiger partial charge is 0.476 e. The van der Waals surface area contributed by atoms with Crippen LogP contribution in [-0.2, 0) is 23.6 Å². The van der Waals surface area contributed by atoms with E-state index in [1.807, 2.05) is 36.4 Å². The molecule has 2 atom stereocenters. The maximum Gasteiger partial charge on any atom is 0.379 e. The Morgan fingerprint density at radius 3 is 2.00 bits per heavy atom. The molecular weight excluding hydrogens is 426 g/mol. The van der Waals surface area contributed by atoms with E-state index in [9.17, 15) is 14.7 Å². The van der Waals surface area contributed by atoms with Crippen molar-refractivity contribution in [2.24, 2.45) is 0 Å². The molecule has 1 N–H and O–H groups in total. The van der Waals surface area contributed by atoms with E-state index in [1.54, 1.807) is 7.05 Å². The predicted octanol–water partition coefficient (Wildman–Crippen LogP) is 2.54. The number of hydrogen-bond acceptors (Lipinski definition) is 6. The molecule has 0 saturated carbocycles. The Hall–Kier alpha value is -2.52. The SMILES string of the molecule is CC(=O)O[C@]1(C(=O)O)C[C@@H](CO[Si](c2ccccc2)(c2ccccc2)C(C)(C)C)N(C)O1. The Balaban J connectivity index is 1.98. The second-order valence-corrected chi connectivity index (χ2v) is 13.4. The number of aliphatic carboxylic acids is 1. The van der Waals surface area contributed by atoms with Crippen LogP contribution in [0.3, 0.4) is 0 Å². The van der Waals surface area contributed by atoms with Crippen molar-refractivity contribution in [3.63, 3.8) is 0 Å². The number of hydroxylamine groups is 2. The number of carbonyl (C=O) groups is 2. The van der Waals surface area contributed by atoms with Crippen LogP contribution in [0, 0.1) is 0 Å². The zero-order valence-electron chi connectivity index (χ0n) is 19.2. The average Bonchev–Trinajstić information content (AvgIpc) is 3.05. The highest BCUT2D eigenvalue weighted by molar-refractivity contribution is 6.99. The van der Waals surface area contributed by atoms with E-state index in [4.69, 9.17) is 14.0 Å². The summed E-state index contributed by atoms with van der Waals surface area (Å²) in [6, 6.07) is 20.0. The molecule has 172 valence electrons. The summed E-state index contributed by atoms with van der Waals surface area (Å²) in [6.07, 6.45) is -0.0311. The lowest BCUT2D eigenvalue weighted by Gasteiger charge is -2.43. The smallest absolute Gasteiger partial charge is 0.379 e. The lowest BCUT2D eigenvalue weighted by atomic mass is 10.1. The number of ether oxygens (including phenoxy) is 1. The van der Waals surface area contributed by atoms with Crippen LogP contribution < -0.4 is 10.4 Å². The van der Waals surface area contributed by atoms with Gasteiger partial charge >= 0.3 is 17.7 Å². The third kappa shape index (κ3) is 4.49. The summed E-state index contributed by atoms with van der Waals surface area (Å²) < 4.78 is 12.0. The normalized spacial score (nSPS) is 22.0. The van der Waals surface area contributed by atoms with Crippen LogP contribution in [-0.4, -0.2) is 55.9 Å². The topological polar surface area (TPSA) is 85.3 Å². The minimum absolute atomic E-state index is 0.0311. The quantitative estimate of drug-likeness (QED) is 0.505. The summed E-state index contributed by atoms with van der Waals surface area (Å²) in [5.74, 6) is -4.10. The van der Waals surface area contributed by atoms with Crippen molar-refractivity contribution in [3.05, 3.63) is 60.7 Å². The van der Waals surface area contributed by atoms with E-state index >= 15 is 0 Å². The second kappa shape index (κ2) is 9.15. The molecule has 2 aromatic rings. The Labute approximate surface area is 190 Å². The fourth-order valence-corrected chi connectivity index (χ4v) is 8.99. The summed E-state index contributed by atoms with van der Waals surface area (Å²) in [5, 5.41) is 13.2. The van der Waals surface area contributed by atoms with Crippen LogP contribution in [0.2, 0.25) is 5.04 Å². The summed E-state index contributed by atoms with van der Waals surface area (Å²) in [4.78, 5) is 28.9. The highest BCUT2D eigenvalue weighted by atomic mass is 28.4. The lowest BCUT2D eigenvalue weighted by molar-refractivity contribution is -0.282. The van der Waals surface area contributed by atoms with Crippen LogP contribution in [0.15, 0.2) is 60.7 Å². The van der Waals surface area contributed by atoms with Gasteiger partial charge in [0.05, 0.1) is 12.6 Å². The summed E-state index contributed by atoms with van der Waals surface area (Å²) in [5.41, 5.74) is 0. The molecule has 1 saturated heterocycles. The van der Waals surface area contributed by atoms with Gasteiger partial charge in [0, 0.05) is 20.4 Å². The number of benzene rings is 2. The molecule has 1 aliphatic heterocycles. The minimum Gasteiger partial charge on any atom is -0.476 e. The third-order valence-electron chi connectivity index (χ3n) is 5.85. The first-order valence-electron chi connectivity index (χ1n) is 10.6. The van der Waals surface area contributed by atoms with E-state index in [1.165, 1.54) is 12.0 Å². The Kier molecular flexibility index (Phi) is 6.90. The van der Waals surface area contributed by atoms with Crippen molar-refractivity contribution in [1.29, 1.82) is 0 Å². The minimum atomic E-state index is -2.79. The molecule has 32 heavy (non-hydrogen) atoms. The average molecular weight is 458 g/mol. The molecule has 1 heterocycles. The van der Waals surface area contributed by atoms with Crippen molar-refractivity contribution in [2.45, 2.75) is 51.0 Å². The number of carboxylic acids is 1. The molecule has 0 spiro atoms. The fourth-order valence-electron chi connectivity index (χ4n) is 4.39. The maximum absolute atomic E-state index is 11.9. The van der Waals surface area contributed by atoms with Crippen LogP contribution in [0.4, 0.5) is 0 Å². The summed E-state index contributed by atoms with van der Waals surface area (Å²) in [6.45, 7) is 7.91. The molecule has 0 bridgehead atoms. The first-order valence-corrected chi connectivity index (χ1v) is 12.5.